The first-order chi connectivity index (χ1) is 15.0. The van der Waals surface area contributed by atoms with E-state index in [0.29, 0.717) is 0 Å². The SMILES string of the molecule is CSCOP(=O)(NC(C)C(=O)OC(C)C)OC[C@H]1O[C@@H](n2ccc(=O)[nH]c2=O)[C@@H](F)C1O. The van der Waals surface area contributed by atoms with Crippen molar-refractivity contribution in [3.63, 3.8) is 0 Å². The molecule has 1 aromatic heterocycles. The minimum Gasteiger partial charge on any atom is -0.462 e. The van der Waals surface area contributed by atoms with Crippen LogP contribution in [0.1, 0.15) is 27.0 Å². The highest BCUT2D eigenvalue weighted by Crippen LogP contribution is 2.46. The van der Waals surface area contributed by atoms with Crippen molar-refractivity contribution in [2.75, 3.05) is 18.8 Å². The van der Waals surface area contributed by atoms with Crippen molar-refractivity contribution in [2.45, 2.75) is 57.5 Å². The third-order valence-corrected chi connectivity index (χ3v) is 6.42. The van der Waals surface area contributed by atoms with E-state index in [0.717, 1.165) is 16.8 Å². The lowest BCUT2D eigenvalue weighted by Crippen LogP contribution is -2.37. The fourth-order valence-corrected chi connectivity index (χ4v) is 4.85. The van der Waals surface area contributed by atoms with Gasteiger partial charge in [-0.15, -0.1) is 11.8 Å². The van der Waals surface area contributed by atoms with E-state index in [-0.39, 0.29) is 5.94 Å². The van der Waals surface area contributed by atoms with Gasteiger partial charge in [0.25, 0.3) is 5.56 Å². The third-order valence-electron chi connectivity index (χ3n) is 4.23. The lowest BCUT2D eigenvalue weighted by atomic mass is 10.1. The predicted octanol–water partition coefficient (Wildman–Crippen LogP) is 0.525. The summed E-state index contributed by atoms with van der Waals surface area (Å²) in [6.07, 6.45) is -4.30. The quantitative estimate of drug-likeness (QED) is 0.221. The highest BCUT2D eigenvalue weighted by atomic mass is 32.2. The topological polar surface area (TPSA) is 158 Å². The number of thioether (sulfide) groups is 1. The number of esters is 1. The van der Waals surface area contributed by atoms with Gasteiger partial charge in [0.15, 0.2) is 12.4 Å². The van der Waals surface area contributed by atoms with Gasteiger partial charge in [-0.2, -0.15) is 0 Å². The maximum Gasteiger partial charge on any atom is 0.407 e. The first-order valence-corrected chi connectivity index (χ1v) is 12.6. The van der Waals surface area contributed by atoms with Crippen LogP contribution in [0.4, 0.5) is 4.39 Å². The van der Waals surface area contributed by atoms with Crippen molar-refractivity contribution in [1.29, 1.82) is 0 Å². The smallest absolute Gasteiger partial charge is 0.407 e. The van der Waals surface area contributed by atoms with Gasteiger partial charge in [0.1, 0.15) is 24.2 Å². The molecule has 6 atom stereocenters. The van der Waals surface area contributed by atoms with E-state index in [9.17, 15) is 28.4 Å². The van der Waals surface area contributed by atoms with Crippen LogP contribution in [0.5, 0.6) is 0 Å². The van der Waals surface area contributed by atoms with Crippen LogP contribution in [0, 0.1) is 0 Å². The number of aliphatic hydroxyl groups is 1. The van der Waals surface area contributed by atoms with Crippen molar-refractivity contribution in [3.8, 4) is 0 Å². The molecule has 12 nitrogen and oxygen atoms in total. The summed E-state index contributed by atoms with van der Waals surface area (Å²) in [5, 5.41) is 12.6. The van der Waals surface area contributed by atoms with Gasteiger partial charge in [0.2, 0.25) is 0 Å². The summed E-state index contributed by atoms with van der Waals surface area (Å²) in [5.74, 6) is -0.735. The van der Waals surface area contributed by atoms with Crippen LogP contribution in [0.15, 0.2) is 21.9 Å². The minimum absolute atomic E-state index is 0.0502. The van der Waals surface area contributed by atoms with Gasteiger partial charge < -0.3 is 14.6 Å². The second kappa shape index (κ2) is 11.5. The molecule has 0 spiro atoms. The van der Waals surface area contributed by atoms with Crippen molar-refractivity contribution in [2.24, 2.45) is 0 Å². The molecule has 0 radical (unpaired) electrons. The molecule has 182 valence electrons. The number of nitrogens with one attached hydrogen (secondary N) is 2. The van der Waals surface area contributed by atoms with Gasteiger partial charge >= 0.3 is 19.4 Å². The van der Waals surface area contributed by atoms with Crippen molar-refractivity contribution < 1.29 is 37.4 Å². The Morgan fingerprint density at radius 1 is 1.41 bits per heavy atom. The lowest BCUT2D eigenvalue weighted by molar-refractivity contribution is -0.149. The summed E-state index contributed by atoms with van der Waals surface area (Å²) in [7, 11) is -4.10. The molecule has 2 heterocycles. The van der Waals surface area contributed by atoms with Crippen LogP contribution >= 0.6 is 19.5 Å². The van der Waals surface area contributed by atoms with E-state index in [2.05, 4.69) is 5.09 Å². The molecule has 3 N–H and O–H groups in total. The van der Waals surface area contributed by atoms with Gasteiger partial charge in [-0.25, -0.2) is 18.8 Å². The zero-order chi connectivity index (χ0) is 24.1. The highest BCUT2D eigenvalue weighted by Gasteiger charge is 2.46. The highest BCUT2D eigenvalue weighted by molar-refractivity contribution is 7.98. The van der Waals surface area contributed by atoms with Crippen LogP contribution in [-0.2, 0) is 27.9 Å². The summed E-state index contributed by atoms with van der Waals surface area (Å²) < 4.78 is 49.4. The van der Waals surface area contributed by atoms with Gasteiger partial charge in [-0.3, -0.25) is 28.2 Å². The number of hydrogen-bond acceptors (Lipinski definition) is 10. The average Bonchev–Trinajstić information content (AvgIpc) is 2.99. The Labute approximate surface area is 187 Å². The standard InChI is InChI=1S/C17H27FN3O9PS/c1-9(2)29-16(24)10(3)20-31(26,28-8-32-4)27-7-11-14(23)13(18)15(30-11)21-6-5-12(22)19-17(21)25/h5-6,9-11,13-15,23H,7-8H2,1-4H3,(H,20,26)(H,19,22,25)/t10?,11-,13+,14?,15-,31?/m1/s1. The summed E-state index contributed by atoms with van der Waals surface area (Å²) >= 11 is 1.20. The Morgan fingerprint density at radius 3 is 2.69 bits per heavy atom. The number of aromatic amines is 1. The zero-order valence-corrected chi connectivity index (χ0v) is 19.6. The Hall–Kier alpha value is -1.54. The van der Waals surface area contributed by atoms with Gasteiger partial charge in [-0.1, -0.05) is 0 Å². The molecular weight excluding hydrogens is 472 g/mol. The van der Waals surface area contributed by atoms with E-state index in [1.54, 1.807) is 20.1 Å². The third kappa shape index (κ3) is 6.98. The lowest BCUT2D eigenvalue weighted by Gasteiger charge is -2.24. The molecule has 1 saturated heterocycles. The van der Waals surface area contributed by atoms with Crippen molar-refractivity contribution in [1.82, 2.24) is 14.6 Å². The minimum atomic E-state index is -4.10. The molecule has 2 rings (SSSR count). The molecule has 0 saturated carbocycles. The number of aromatic nitrogens is 2. The van der Waals surface area contributed by atoms with Gasteiger partial charge in [-0.05, 0) is 27.0 Å². The largest absolute Gasteiger partial charge is 0.462 e. The number of ether oxygens (including phenoxy) is 2. The maximum atomic E-state index is 14.6. The van der Waals surface area contributed by atoms with Gasteiger partial charge in [0, 0.05) is 12.3 Å². The zero-order valence-electron chi connectivity index (χ0n) is 17.9. The average molecular weight is 499 g/mol. The summed E-state index contributed by atoms with van der Waals surface area (Å²) in [6.45, 7) is 4.13. The molecule has 0 amide bonds. The van der Waals surface area contributed by atoms with Crippen LogP contribution in [0.2, 0.25) is 0 Å². The summed E-state index contributed by atoms with van der Waals surface area (Å²) in [6, 6.07) is -0.0550. The second-order valence-corrected chi connectivity index (χ2v) is 9.77. The first kappa shape index (κ1) is 26.7. The Morgan fingerprint density at radius 2 is 2.09 bits per heavy atom. The van der Waals surface area contributed by atoms with Crippen LogP contribution < -0.4 is 16.3 Å². The predicted molar refractivity (Wildman–Crippen MR) is 113 cm³/mol. The fourth-order valence-electron chi connectivity index (χ4n) is 2.72. The van der Waals surface area contributed by atoms with E-state index in [4.69, 9.17) is 18.5 Å². The fraction of sp³-hybridized carbons (Fsp3) is 0.706. The van der Waals surface area contributed by atoms with E-state index in [1.165, 1.54) is 18.7 Å². The Kier molecular flexibility index (Phi) is 9.64. The first-order valence-electron chi connectivity index (χ1n) is 9.63. The molecule has 1 aromatic rings. The molecule has 0 aliphatic carbocycles. The van der Waals surface area contributed by atoms with Gasteiger partial charge in [0.05, 0.1) is 12.7 Å². The summed E-state index contributed by atoms with van der Waals surface area (Å²) in [4.78, 5) is 37.1. The van der Waals surface area contributed by atoms with Crippen molar-refractivity contribution in [3.05, 3.63) is 33.1 Å². The van der Waals surface area contributed by atoms with E-state index in [1.807, 2.05) is 4.98 Å². The van der Waals surface area contributed by atoms with Crippen LogP contribution in [-0.4, -0.2) is 70.0 Å². The van der Waals surface area contributed by atoms with E-state index >= 15 is 0 Å². The molecule has 1 aliphatic heterocycles. The number of hydrogen-bond donors (Lipinski definition) is 3. The Balaban J connectivity index is 2.09. The number of nitrogens with zero attached hydrogens (tertiary/aromatic N) is 1. The normalized spacial score (nSPS) is 26.1. The molecule has 15 heteroatoms. The number of H-pyrrole nitrogens is 1. The van der Waals surface area contributed by atoms with Crippen LogP contribution in [0.3, 0.4) is 0 Å². The molecular formula is C17H27FN3O9PS. The molecule has 1 aliphatic rings. The molecule has 3 unspecified atom stereocenters. The monoisotopic (exact) mass is 499 g/mol. The number of halogens is 1. The van der Waals surface area contributed by atoms with Crippen molar-refractivity contribution >= 4 is 25.5 Å². The molecule has 0 aromatic carbocycles. The van der Waals surface area contributed by atoms with E-state index < -0.39 is 68.3 Å². The number of carbonyl (C=O) groups is 1. The molecule has 32 heavy (non-hydrogen) atoms. The second-order valence-electron chi connectivity index (χ2n) is 7.18. The number of aliphatic hydroxyl groups excluding tert-OH is 1. The van der Waals surface area contributed by atoms with Crippen LogP contribution in [0.25, 0.3) is 0 Å². The maximum absolute atomic E-state index is 14.6. The molecule has 1 fully saturated rings. The number of alkyl halides is 1. The Bertz CT molecular complexity index is 942. The summed E-state index contributed by atoms with van der Waals surface area (Å²) in [5.41, 5.74) is -1.60. The molecule has 0 bridgehead atoms. The number of carbonyl (C=O) groups excluding carboxylic acids is 1. The number of rotatable bonds is 11.